The van der Waals surface area contributed by atoms with Gasteiger partial charge < -0.3 is 10.2 Å². The summed E-state index contributed by atoms with van der Waals surface area (Å²) in [7, 11) is -7.12. The first-order chi connectivity index (χ1) is 16.1. The summed E-state index contributed by atoms with van der Waals surface area (Å²) in [4.78, 5) is 0.356. The van der Waals surface area contributed by atoms with Gasteiger partial charge in [-0.1, -0.05) is 48.5 Å². The smallest absolute Gasteiger partial charge is 0.182 e. The Labute approximate surface area is 198 Å². The fraction of sp³-hybridized carbons (Fsp3) is 0.0769. The normalized spacial score (nSPS) is 11.9. The second-order valence-corrected chi connectivity index (χ2v) is 11.9. The highest BCUT2D eigenvalue weighted by Crippen LogP contribution is 2.26. The van der Waals surface area contributed by atoms with E-state index in [2.05, 4.69) is 0 Å². The van der Waals surface area contributed by atoms with Crippen LogP contribution < -0.4 is 0 Å². The van der Waals surface area contributed by atoms with Gasteiger partial charge in [-0.25, -0.2) is 16.8 Å². The van der Waals surface area contributed by atoms with E-state index in [9.17, 15) is 27.0 Å². The summed E-state index contributed by atoms with van der Waals surface area (Å²) in [5.41, 5.74) is 2.66. The van der Waals surface area contributed by atoms with Crippen LogP contribution in [0.25, 0.3) is 11.1 Å². The molecule has 34 heavy (non-hydrogen) atoms. The number of hydrogen-bond donors (Lipinski definition) is 2. The van der Waals surface area contributed by atoms with Gasteiger partial charge in [0.2, 0.25) is 0 Å². The summed E-state index contributed by atoms with van der Waals surface area (Å²) in [5, 5.41) is 18.7. The Morgan fingerprint density at radius 3 is 1.03 bits per heavy atom. The number of benzene rings is 4. The third kappa shape index (κ3) is 5.47. The lowest BCUT2D eigenvalue weighted by Crippen LogP contribution is -2.05. The van der Waals surface area contributed by atoms with Crippen molar-refractivity contribution in [2.75, 3.05) is 0 Å². The largest absolute Gasteiger partial charge is 0.508 e. The van der Waals surface area contributed by atoms with Gasteiger partial charge >= 0.3 is 0 Å². The number of aromatic hydroxyl groups is 2. The van der Waals surface area contributed by atoms with Gasteiger partial charge in [-0.2, -0.15) is 0 Å². The van der Waals surface area contributed by atoms with Crippen LogP contribution in [-0.4, -0.2) is 27.0 Å². The number of hydrogen-bond acceptors (Lipinski definition) is 6. The molecule has 4 aromatic carbocycles. The SMILES string of the molecule is O=S(=O)(Cc1ccc(O)cc1)c1ccc(-c2ccc(S(=O)(=O)Cc3ccc(O)cc3)cc2)cc1. The zero-order valence-electron chi connectivity index (χ0n) is 18.0. The molecule has 0 aliphatic heterocycles. The highest BCUT2D eigenvalue weighted by Gasteiger charge is 2.17. The second kappa shape index (κ2) is 9.32. The fourth-order valence-electron chi connectivity index (χ4n) is 3.50. The minimum absolute atomic E-state index is 0.0738. The number of phenolic OH excluding ortho intramolecular Hbond substituents is 2. The Hall–Kier alpha value is -3.62. The molecule has 8 heteroatoms. The molecule has 0 aliphatic carbocycles. The predicted octanol–water partition coefficient (Wildman–Crippen LogP) is 4.71. The molecule has 0 heterocycles. The topological polar surface area (TPSA) is 109 Å². The third-order valence-corrected chi connectivity index (χ3v) is 8.75. The van der Waals surface area contributed by atoms with Crippen molar-refractivity contribution in [1.29, 1.82) is 0 Å². The fourth-order valence-corrected chi connectivity index (χ4v) is 6.20. The summed E-state index contributed by atoms with van der Waals surface area (Å²) >= 11 is 0. The van der Waals surface area contributed by atoms with Gasteiger partial charge in [0.05, 0.1) is 21.3 Å². The van der Waals surface area contributed by atoms with Crippen molar-refractivity contribution < 1.29 is 27.0 Å². The molecule has 0 aromatic heterocycles. The monoisotopic (exact) mass is 494 g/mol. The summed E-state index contributed by atoms with van der Waals surface area (Å²) in [5.74, 6) is -0.213. The molecule has 0 spiro atoms. The average molecular weight is 495 g/mol. The molecule has 0 amide bonds. The standard InChI is InChI=1S/C26H22O6S2/c27-23-9-1-19(2-10-23)17-33(29,30)25-13-5-21(6-14-25)22-7-15-26(16-8-22)34(31,32)18-20-3-11-24(28)12-4-20/h1-16,27-28H,17-18H2. The zero-order valence-corrected chi connectivity index (χ0v) is 19.6. The van der Waals surface area contributed by atoms with Crippen LogP contribution in [0.3, 0.4) is 0 Å². The highest BCUT2D eigenvalue weighted by molar-refractivity contribution is 7.91. The molecule has 0 saturated heterocycles. The average Bonchev–Trinajstić information content (AvgIpc) is 2.82. The lowest BCUT2D eigenvalue weighted by Gasteiger charge is -2.09. The van der Waals surface area contributed by atoms with Gasteiger partial charge in [-0.15, -0.1) is 0 Å². The maximum atomic E-state index is 12.7. The molecule has 0 aliphatic rings. The molecule has 0 bridgehead atoms. The lowest BCUT2D eigenvalue weighted by atomic mass is 10.1. The lowest BCUT2D eigenvalue weighted by molar-refractivity contribution is 0.474. The van der Waals surface area contributed by atoms with E-state index in [-0.39, 0.29) is 32.8 Å². The number of sulfone groups is 2. The van der Waals surface area contributed by atoms with Crippen LogP contribution in [0.1, 0.15) is 11.1 Å². The van der Waals surface area contributed by atoms with Gasteiger partial charge in [0, 0.05) is 0 Å². The van der Waals surface area contributed by atoms with E-state index in [0.717, 1.165) is 11.1 Å². The maximum absolute atomic E-state index is 12.7. The molecule has 4 rings (SSSR count). The summed E-state index contributed by atoms with van der Waals surface area (Å²) in [6, 6.07) is 24.9. The van der Waals surface area contributed by atoms with E-state index in [0.29, 0.717) is 11.1 Å². The van der Waals surface area contributed by atoms with E-state index in [1.807, 2.05) is 0 Å². The minimum atomic E-state index is -3.56. The molecular formula is C26H22O6S2. The molecule has 0 atom stereocenters. The van der Waals surface area contributed by atoms with Gasteiger partial charge in [0.15, 0.2) is 19.7 Å². The first-order valence-electron chi connectivity index (χ1n) is 10.3. The molecular weight excluding hydrogens is 472 g/mol. The van der Waals surface area contributed by atoms with Crippen molar-refractivity contribution in [2.45, 2.75) is 21.3 Å². The van der Waals surface area contributed by atoms with Crippen LogP contribution in [0.2, 0.25) is 0 Å². The van der Waals surface area contributed by atoms with Crippen LogP contribution in [-0.2, 0) is 31.2 Å². The maximum Gasteiger partial charge on any atom is 0.182 e. The molecule has 2 N–H and O–H groups in total. The van der Waals surface area contributed by atoms with Crippen molar-refractivity contribution >= 4 is 19.7 Å². The Bertz CT molecular complexity index is 1370. The summed E-state index contributed by atoms with van der Waals surface area (Å²) in [6.45, 7) is 0. The van der Waals surface area contributed by atoms with Gasteiger partial charge in [-0.3, -0.25) is 0 Å². The van der Waals surface area contributed by atoms with Crippen molar-refractivity contribution in [3.05, 3.63) is 108 Å². The van der Waals surface area contributed by atoms with E-state index in [1.54, 1.807) is 48.5 Å². The van der Waals surface area contributed by atoms with Crippen LogP contribution in [0, 0.1) is 0 Å². The van der Waals surface area contributed by atoms with Crippen LogP contribution >= 0.6 is 0 Å². The van der Waals surface area contributed by atoms with Crippen molar-refractivity contribution in [1.82, 2.24) is 0 Å². The second-order valence-electron chi connectivity index (χ2n) is 7.90. The Morgan fingerprint density at radius 2 is 0.735 bits per heavy atom. The first-order valence-corrected chi connectivity index (χ1v) is 13.6. The molecule has 0 unspecified atom stereocenters. The van der Waals surface area contributed by atoms with Gasteiger partial charge in [0.1, 0.15) is 11.5 Å². The third-order valence-electron chi connectivity index (χ3n) is 5.35. The molecule has 0 fully saturated rings. The van der Waals surface area contributed by atoms with Crippen LogP contribution in [0.4, 0.5) is 0 Å². The Balaban J connectivity index is 1.49. The summed E-state index contributed by atoms with van der Waals surface area (Å²) in [6.07, 6.45) is 0. The van der Waals surface area contributed by atoms with Crippen molar-refractivity contribution in [3.8, 4) is 22.6 Å². The quantitative estimate of drug-likeness (QED) is 0.385. The zero-order chi connectivity index (χ0) is 24.3. The van der Waals surface area contributed by atoms with Crippen LogP contribution in [0.5, 0.6) is 11.5 Å². The van der Waals surface area contributed by atoms with Gasteiger partial charge in [0.25, 0.3) is 0 Å². The molecule has 6 nitrogen and oxygen atoms in total. The number of phenols is 2. The van der Waals surface area contributed by atoms with E-state index in [1.165, 1.54) is 48.5 Å². The van der Waals surface area contributed by atoms with Crippen molar-refractivity contribution in [3.63, 3.8) is 0 Å². The van der Waals surface area contributed by atoms with E-state index < -0.39 is 19.7 Å². The van der Waals surface area contributed by atoms with Crippen LogP contribution in [0.15, 0.2) is 107 Å². The highest BCUT2D eigenvalue weighted by atomic mass is 32.2. The summed E-state index contributed by atoms with van der Waals surface area (Å²) < 4.78 is 50.9. The first kappa shape index (κ1) is 23.5. The number of rotatable bonds is 7. The molecule has 174 valence electrons. The minimum Gasteiger partial charge on any atom is -0.508 e. The Morgan fingerprint density at radius 1 is 0.441 bits per heavy atom. The van der Waals surface area contributed by atoms with E-state index >= 15 is 0 Å². The Kier molecular flexibility index (Phi) is 6.45. The van der Waals surface area contributed by atoms with Crippen molar-refractivity contribution in [2.24, 2.45) is 0 Å². The van der Waals surface area contributed by atoms with E-state index in [4.69, 9.17) is 0 Å². The predicted molar refractivity (Wildman–Crippen MR) is 130 cm³/mol. The van der Waals surface area contributed by atoms with Gasteiger partial charge in [-0.05, 0) is 70.8 Å². The molecule has 0 saturated carbocycles. The molecule has 0 radical (unpaired) electrons. The molecule has 4 aromatic rings.